The molecule has 1 fully saturated rings. The molecule has 3 heteroatoms. The number of piperazine rings is 1. The molecule has 3 rings (SSSR count). The number of aldehydes is 1. The zero-order valence-corrected chi connectivity index (χ0v) is 13.9. The van der Waals surface area contributed by atoms with Crippen LogP contribution in [0.5, 0.6) is 0 Å². The van der Waals surface area contributed by atoms with Crippen LogP contribution in [-0.4, -0.2) is 37.4 Å². The molecule has 1 heterocycles. The largest absolute Gasteiger partial charge is 0.369 e. The maximum absolute atomic E-state index is 10.9. The van der Waals surface area contributed by atoms with Crippen LogP contribution in [0.25, 0.3) is 0 Å². The molecule has 1 aliphatic rings. The minimum Gasteiger partial charge on any atom is -0.369 e. The minimum absolute atomic E-state index is 0.455. The maximum atomic E-state index is 10.9. The van der Waals surface area contributed by atoms with Gasteiger partial charge in [-0.05, 0) is 43.2 Å². The predicted molar refractivity (Wildman–Crippen MR) is 95.2 cm³/mol. The van der Waals surface area contributed by atoms with E-state index in [0.717, 1.165) is 38.0 Å². The van der Waals surface area contributed by atoms with Crippen molar-refractivity contribution in [2.45, 2.75) is 19.9 Å². The van der Waals surface area contributed by atoms with Crippen LogP contribution in [-0.2, 0) is 0 Å². The van der Waals surface area contributed by atoms with Gasteiger partial charge in [0.15, 0.2) is 0 Å². The molecule has 120 valence electrons. The van der Waals surface area contributed by atoms with E-state index in [4.69, 9.17) is 0 Å². The van der Waals surface area contributed by atoms with Crippen LogP contribution in [0.15, 0.2) is 48.5 Å². The van der Waals surface area contributed by atoms with Gasteiger partial charge in [-0.3, -0.25) is 9.69 Å². The fraction of sp³-hybridized carbons (Fsp3) is 0.350. The lowest BCUT2D eigenvalue weighted by molar-refractivity contribution is 0.112. The first-order valence-corrected chi connectivity index (χ1v) is 8.29. The van der Waals surface area contributed by atoms with Gasteiger partial charge < -0.3 is 4.90 Å². The summed E-state index contributed by atoms with van der Waals surface area (Å²) in [5.41, 5.74) is 4.57. The quantitative estimate of drug-likeness (QED) is 0.805. The number of nitrogens with zero attached hydrogens (tertiary/aromatic N) is 2. The van der Waals surface area contributed by atoms with E-state index in [1.165, 1.54) is 16.8 Å². The molecule has 1 atom stereocenters. The molecule has 1 aliphatic heterocycles. The van der Waals surface area contributed by atoms with Crippen molar-refractivity contribution in [2.24, 2.45) is 0 Å². The first-order valence-electron chi connectivity index (χ1n) is 8.29. The number of aryl methyl sites for hydroxylation is 1. The minimum atomic E-state index is 0.455. The summed E-state index contributed by atoms with van der Waals surface area (Å²) in [6.45, 7) is 8.54. The Hall–Kier alpha value is -2.13. The summed E-state index contributed by atoms with van der Waals surface area (Å²) in [5, 5.41) is 0. The molecular formula is C20H24N2O. The Balaban J connectivity index is 1.65. The molecular weight excluding hydrogens is 284 g/mol. The highest BCUT2D eigenvalue weighted by molar-refractivity contribution is 5.77. The van der Waals surface area contributed by atoms with E-state index in [2.05, 4.69) is 60.0 Å². The lowest BCUT2D eigenvalue weighted by Gasteiger charge is -2.39. The Labute approximate surface area is 138 Å². The zero-order chi connectivity index (χ0) is 16.2. The van der Waals surface area contributed by atoms with Gasteiger partial charge in [-0.2, -0.15) is 0 Å². The van der Waals surface area contributed by atoms with Crippen LogP contribution in [0, 0.1) is 6.92 Å². The lowest BCUT2D eigenvalue weighted by Crippen LogP contribution is -2.47. The van der Waals surface area contributed by atoms with Crippen LogP contribution in [0.3, 0.4) is 0 Å². The third kappa shape index (κ3) is 3.45. The monoisotopic (exact) mass is 308 g/mol. The molecule has 0 amide bonds. The summed E-state index contributed by atoms with van der Waals surface area (Å²) >= 11 is 0. The van der Waals surface area contributed by atoms with Crippen LogP contribution in [0.4, 0.5) is 5.69 Å². The van der Waals surface area contributed by atoms with Crippen molar-refractivity contribution in [2.75, 3.05) is 31.1 Å². The van der Waals surface area contributed by atoms with E-state index >= 15 is 0 Å². The van der Waals surface area contributed by atoms with Crippen molar-refractivity contribution in [1.29, 1.82) is 0 Å². The lowest BCUT2D eigenvalue weighted by atomic mass is 10.1. The molecule has 0 bridgehead atoms. The fourth-order valence-electron chi connectivity index (χ4n) is 3.40. The van der Waals surface area contributed by atoms with Crippen LogP contribution >= 0.6 is 0 Å². The Morgan fingerprint density at radius 1 is 1.00 bits per heavy atom. The second-order valence-electron chi connectivity index (χ2n) is 6.27. The summed E-state index contributed by atoms with van der Waals surface area (Å²) in [5.74, 6) is 0. The highest BCUT2D eigenvalue weighted by atomic mass is 16.1. The maximum Gasteiger partial charge on any atom is 0.150 e. The second-order valence-corrected chi connectivity index (χ2v) is 6.27. The SMILES string of the molecule is Cc1cc(C=O)ccc1N1CCN([C@@H](C)c2ccccc2)CC1. The summed E-state index contributed by atoms with van der Waals surface area (Å²) in [6.07, 6.45) is 0.913. The van der Waals surface area contributed by atoms with Gasteiger partial charge in [0.1, 0.15) is 6.29 Å². The third-order valence-electron chi connectivity index (χ3n) is 4.84. The van der Waals surface area contributed by atoms with E-state index in [9.17, 15) is 4.79 Å². The average Bonchev–Trinajstić information content (AvgIpc) is 2.62. The van der Waals surface area contributed by atoms with Gasteiger partial charge in [0.05, 0.1) is 0 Å². The predicted octanol–water partition coefficient (Wildman–Crippen LogP) is 3.69. The van der Waals surface area contributed by atoms with E-state index in [0.29, 0.717) is 6.04 Å². The van der Waals surface area contributed by atoms with Gasteiger partial charge >= 0.3 is 0 Å². The first-order chi connectivity index (χ1) is 11.2. The standard InChI is InChI=1S/C20H24N2O/c1-16-14-18(15-23)8-9-20(16)22-12-10-21(11-13-22)17(2)19-6-4-3-5-7-19/h3-9,14-15,17H,10-13H2,1-2H3/t17-/m0/s1. The molecule has 2 aromatic rings. The number of hydrogen-bond acceptors (Lipinski definition) is 3. The van der Waals surface area contributed by atoms with Crippen LogP contribution in [0.2, 0.25) is 0 Å². The Bertz CT molecular complexity index is 661. The van der Waals surface area contributed by atoms with Gasteiger partial charge in [0.2, 0.25) is 0 Å². The molecule has 3 nitrogen and oxygen atoms in total. The molecule has 0 saturated carbocycles. The highest BCUT2D eigenvalue weighted by Crippen LogP contribution is 2.26. The number of rotatable bonds is 4. The van der Waals surface area contributed by atoms with E-state index < -0.39 is 0 Å². The summed E-state index contributed by atoms with van der Waals surface area (Å²) in [7, 11) is 0. The number of hydrogen-bond donors (Lipinski definition) is 0. The molecule has 0 spiro atoms. The summed E-state index contributed by atoms with van der Waals surface area (Å²) < 4.78 is 0. The highest BCUT2D eigenvalue weighted by Gasteiger charge is 2.22. The van der Waals surface area contributed by atoms with Crippen molar-refractivity contribution in [3.8, 4) is 0 Å². The summed E-state index contributed by atoms with van der Waals surface area (Å²) in [4.78, 5) is 15.9. The molecule has 2 aromatic carbocycles. The summed E-state index contributed by atoms with van der Waals surface area (Å²) in [6, 6.07) is 17.1. The first kappa shape index (κ1) is 15.8. The number of carbonyl (C=O) groups excluding carboxylic acids is 1. The van der Waals surface area contributed by atoms with Crippen molar-refractivity contribution in [1.82, 2.24) is 4.90 Å². The number of anilines is 1. The van der Waals surface area contributed by atoms with Gasteiger partial charge in [0.25, 0.3) is 0 Å². The van der Waals surface area contributed by atoms with Gasteiger partial charge in [-0.15, -0.1) is 0 Å². The Morgan fingerprint density at radius 2 is 1.70 bits per heavy atom. The molecule has 0 unspecified atom stereocenters. The van der Waals surface area contributed by atoms with E-state index in [1.54, 1.807) is 0 Å². The number of benzene rings is 2. The molecule has 0 N–H and O–H groups in total. The van der Waals surface area contributed by atoms with Gasteiger partial charge in [0, 0.05) is 43.5 Å². The third-order valence-corrected chi connectivity index (χ3v) is 4.84. The molecule has 0 aromatic heterocycles. The molecule has 0 aliphatic carbocycles. The van der Waals surface area contributed by atoms with Crippen molar-refractivity contribution >= 4 is 12.0 Å². The normalized spacial score (nSPS) is 17.0. The van der Waals surface area contributed by atoms with E-state index in [1.807, 2.05) is 12.1 Å². The van der Waals surface area contributed by atoms with Gasteiger partial charge in [-0.25, -0.2) is 0 Å². The van der Waals surface area contributed by atoms with Crippen molar-refractivity contribution in [3.05, 3.63) is 65.2 Å². The van der Waals surface area contributed by atoms with Crippen molar-refractivity contribution < 1.29 is 4.79 Å². The molecule has 1 saturated heterocycles. The van der Waals surface area contributed by atoms with Crippen molar-refractivity contribution in [3.63, 3.8) is 0 Å². The topological polar surface area (TPSA) is 23.6 Å². The molecule has 23 heavy (non-hydrogen) atoms. The second kappa shape index (κ2) is 6.97. The average molecular weight is 308 g/mol. The fourth-order valence-corrected chi connectivity index (χ4v) is 3.40. The van der Waals surface area contributed by atoms with Gasteiger partial charge in [-0.1, -0.05) is 30.3 Å². The smallest absolute Gasteiger partial charge is 0.150 e. The van der Waals surface area contributed by atoms with Crippen LogP contribution in [0.1, 0.15) is 34.5 Å². The Morgan fingerprint density at radius 3 is 2.30 bits per heavy atom. The zero-order valence-electron chi connectivity index (χ0n) is 13.9. The molecule has 0 radical (unpaired) electrons. The van der Waals surface area contributed by atoms with Crippen LogP contribution < -0.4 is 4.90 Å². The number of carbonyl (C=O) groups is 1. The van der Waals surface area contributed by atoms with E-state index in [-0.39, 0.29) is 0 Å². The Kier molecular flexibility index (Phi) is 4.77.